The van der Waals surface area contributed by atoms with E-state index < -0.39 is 11.5 Å². The standard InChI is InChI=1S/C37H27N/c1-4-14-27(15-5-1)31-20-11-13-23-36(31)38-30-24-25-33-32-21-10-12-22-34(32)37(35(33)26-30,28-16-6-2-7-17-28)29-18-8-3-9-19-29/h1-26,38H/i1D,4D,5D,14D,15D. The zero-order valence-electron chi connectivity index (χ0n) is 25.6. The van der Waals surface area contributed by atoms with Crippen LogP contribution in [0.2, 0.25) is 0 Å². The van der Waals surface area contributed by atoms with Crippen LogP contribution >= 0.6 is 0 Å². The van der Waals surface area contributed by atoms with Crippen LogP contribution in [0.3, 0.4) is 0 Å². The third kappa shape index (κ3) is 3.48. The van der Waals surface area contributed by atoms with Gasteiger partial charge in [0.25, 0.3) is 0 Å². The molecule has 0 radical (unpaired) electrons. The summed E-state index contributed by atoms with van der Waals surface area (Å²) in [7, 11) is 0. The molecular weight excluding hydrogens is 458 g/mol. The number of hydrogen-bond acceptors (Lipinski definition) is 1. The van der Waals surface area contributed by atoms with Crippen molar-refractivity contribution in [3.63, 3.8) is 0 Å². The molecule has 0 saturated carbocycles. The lowest BCUT2D eigenvalue weighted by atomic mass is 9.67. The van der Waals surface area contributed by atoms with Gasteiger partial charge in [0.15, 0.2) is 0 Å². The summed E-state index contributed by atoms with van der Waals surface area (Å²) >= 11 is 0. The average molecular weight is 491 g/mol. The third-order valence-electron chi connectivity index (χ3n) is 7.43. The second-order valence-electron chi connectivity index (χ2n) is 9.46. The number of rotatable bonds is 5. The monoisotopic (exact) mass is 490 g/mol. The lowest BCUT2D eigenvalue weighted by molar-refractivity contribution is 0.769. The molecule has 180 valence electrons. The Morgan fingerprint density at radius 1 is 0.500 bits per heavy atom. The van der Waals surface area contributed by atoms with Crippen LogP contribution in [0, 0.1) is 0 Å². The first-order valence-electron chi connectivity index (χ1n) is 15.2. The molecule has 0 fully saturated rings. The van der Waals surface area contributed by atoms with Crippen molar-refractivity contribution in [2.24, 2.45) is 0 Å². The summed E-state index contributed by atoms with van der Waals surface area (Å²) in [5.41, 5.74) is 8.72. The molecule has 1 heteroatoms. The number of hydrogen-bond donors (Lipinski definition) is 1. The smallest absolute Gasteiger partial charge is 0.0714 e. The Hall–Kier alpha value is -4.88. The van der Waals surface area contributed by atoms with Crippen LogP contribution in [0.4, 0.5) is 11.4 Å². The first kappa shape index (κ1) is 17.6. The van der Waals surface area contributed by atoms with Gasteiger partial charge >= 0.3 is 0 Å². The van der Waals surface area contributed by atoms with E-state index in [1.165, 1.54) is 22.3 Å². The van der Waals surface area contributed by atoms with Crippen LogP contribution in [0.25, 0.3) is 22.3 Å². The second-order valence-corrected chi connectivity index (χ2v) is 9.46. The van der Waals surface area contributed by atoms with E-state index in [2.05, 4.69) is 90.2 Å². The van der Waals surface area contributed by atoms with Gasteiger partial charge in [-0.1, -0.05) is 139 Å². The molecule has 0 amide bonds. The SMILES string of the molecule is [2H]c1c([2H])c([2H])c(-c2ccccc2Nc2ccc3c(c2)C(c2ccccc2)(c2ccccc2)c2ccccc2-3)c([2H])c1[2H]. The van der Waals surface area contributed by atoms with Crippen molar-refractivity contribution in [3.05, 3.63) is 180 Å². The van der Waals surface area contributed by atoms with Crippen molar-refractivity contribution in [1.29, 1.82) is 0 Å². The lowest BCUT2D eigenvalue weighted by Gasteiger charge is -2.34. The van der Waals surface area contributed by atoms with E-state index in [9.17, 15) is 0 Å². The van der Waals surface area contributed by atoms with Gasteiger partial charge in [0.2, 0.25) is 0 Å². The lowest BCUT2D eigenvalue weighted by Crippen LogP contribution is -2.28. The number of para-hydroxylation sites is 1. The largest absolute Gasteiger partial charge is 0.355 e. The molecule has 1 aliphatic carbocycles. The Balaban J connectivity index is 1.44. The van der Waals surface area contributed by atoms with Gasteiger partial charge in [-0.2, -0.15) is 0 Å². The first-order chi connectivity index (χ1) is 20.9. The summed E-state index contributed by atoms with van der Waals surface area (Å²) in [6, 6.07) is 41.9. The molecule has 1 aliphatic rings. The van der Waals surface area contributed by atoms with E-state index in [-0.39, 0.29) is 29.7 Å². The minimum atomic E-state index is -0.543. The molecule has 0 aromatic heterocycles. The van der Waals surface area contributed by atoms with E-state index in [1.54, 1.807) is 6.07 Å². The van der Waals surface area contributed by atoms with Gasteiger partial charge in [0.1, 0.15) is 0 Å². The van der Waals surface area contributed by atoms with Gasteiger partial charge in [-0.05, 0) is 57.1 Å². The quantitative estimate of drug-likeness (QED) is 0.253. The second kappa shape index (κ2) is 9.21. The molecule has 0 heterocycles. The molecule has 1 nitrogen and oxygen atoms in total. The van der Waals surface area contributed by atoms with Gasteiger partial charge in [0.05, 0.1) is 12.3 Å². The number of nitrogens with one attached hydrogen (secondary N) is 1. The zero-order chi connectivity index (χ0) is 29.7. The summed E-state index contributed by atoms with van der Waals surface area (Å²) < 4.78 is 41.6. The van der Waals surface area contributed by atoms with Crippen LogP contribution in [-0.2, 0) is 5.41 Å². The van der Waals surface area contributed by atoms with Crippen molar-refractivity contribution in [3.8, 4) is 22.3 Å². The van der Waals surface area contributed by atoms with Crippen molar-refractivity contribution in [1.82, 2.24) is 0 Å². The molecule has 0 saturated heterocycles. The molecule has 0 bridgehead atoms. The van der Waals surface area contributed by atoms with Gasteiger partial charge in [-0.25, -0.2) is 0 Å². The molecule has 7 rings (SSSR count). The average Bonchev–Trinajstić information content (AvgIpc) is 3.35. The van der Waals surface area contributed by atoms with Crippen LogP contribution < -0.4 is 5.32 Å². The summed E-state index contributed by atoms with van der Waals surface area (Å²) in [5, 5.41) is 3.54. The van der Waals surface area contributed by atoms with E-state index >= 15 is 0 Å². The van der Waals surface area contributed by atoms with Crippen LogP contribution in [0.5, 0.6) is 0 Å². The van der Waals surface area contributed by atoms with Crippen LogP contribution in [0.1, 0.15) is 29.1 Å². The highest BCUT2D eigenvalue weighted by Crippen LogP contribution is 2.56. The highest BCUT2D eigenvalue weighted by molar-refractivity contribution is 5.89. The Morgan fingerprint density at radius 2 is 1.08 bits per heavy atom. The molecule has 0 spiro atoms. The fraction of sp³-hybridized carbons (Fsp3) is 0.0270. The Morgan fingerprint density at radius 3 is 1.79 bits per heavy atom. The molecule has 0 aliphatic heterocycles. The van der Waals surface area contributed by atoms with E-state index in [4.69, 9.17) is 6.85 Å². The molecule has 0 unspecified atom stereocenters. The predicted molar refractivity (Wildman–Crippen MR) is 159 cm³/mol. The summed E-state index contributed by atoms with van der Waals surface area (Å²) in [6.07, 6.45) is 0. The fourth-order valence-electron chi connectivity index (χ4n) is 5.87. The Bertz CT molecular complexity index is 1940. The molecule has 38 heavy (non-hydrogen) atoms. The van der Waals surface area contributed by atoms with E-state index in [1.807, 2.05) is 36.4 Å². The minimum Gasteiger partial charge on any atom is -0.355 e. The Kier molecular flexibility index (Phi) is 4.25. The molecule has 6 aromatic rings. The molecule has 6 aromatic carbocycles. The number of fused-ring (bicyclic) bond motifs is 3. The predicted octanol–water partition coefficient (Wildman–Crippen LogP) is 9.46. The van der Waals surface area contributed by atoms with Gasteiger partial charge < -0.3 is 5.32 Å². The normalized spacial score (nSPS) is 14.8. The van der Waals surface area contributed by atoms with Crippen LogP contribution in [-0.4, -0.2) is 0 Å². The Labute approximate surface area is 231 Å². The topological polar surface area (TPSA) is 12.0 Å². The van der Waals surface area contributed by atoms with Crippen LogP contribution in [0.15, 0.2) is 158 Å². The van der Waals surface area contributed by atoms with Gasteiger partial charge in [0, 0.05) is 16.9 Å². The zero-order valence-corrected chi connectivity index (χ0v) is 20.6. The summed E-state index contributed by atoms with van der Waals surface area (Å²) in [4.78, 5) is 0. The van der Waals surface area contributed by atoms with Gasteiger partial charge in [-0.15, -0.1) is 0 Å². The maximum Gasteiger partial charge on any atom is 0.0714 e. The highest BCUT2D eigenvalue weighted by Gasteiger charge is 2.45. The van der Waals surface area contributed by atoms with E-state index in [0.717, 1.165) is 16.8 Å². The van der Waals surface area contributed by atoms with E-state index in [0.29, 0.717) is 11.3 Å². The summed E-state index contributed by atoms with van der Waals surface area (Å²) in [6.45, 7) is 0. The fourth-order valence-corrected chi connectivity index (χ4v) is 5.87. The number of benzene rings is 6. The van der Waals surface area contributed by atoms with Gasteiger partial charge in [-0.3, -0.25) is 0 Å². The van der Waals surface area contributed by atoms with Crippen molar-refractivity contribution in [2.45, 2.75) is 5.41 Å². The molecule has 0 atom stereocenters. The minimum absolute atomic E-state index is 0.172. The molecule has 1 N–H and O–H groups in total. The maximum absolute atomic E-state index is 8.57. The maximum atomic E-state index is 8.57. The highest BCUT2D eigenvalue weighted by atomic mass is 14.9. The number of anilines is 2. The van der Waals surface area contributed by atoms with Crippen molar-refractivity contribution >= 4 is 11.4 Å². The third-order valence-corrected chi connectivity index (χ3v) is 7.43. The first-order valence-corrected chi connectivity index (χ1v) is 12.7. The van der Waals surface area contributed by atoms with Crippen molar-refractivity contribution < 1.29 is 6.85 Å². The summed E-state index contributed by atoms with van der Waals surface area (Å²) in [5.74, 6) is 0. The molecular formula is C37H27N. The van der Waals surface area contributed by atoms with Crippen molar-refractivity contribution in [2.75, 3.05) is 5.32 Å².